The Bertz CT molecular complexity index is 722. The van der Waals surface area contributed by atoms with Gasteiger partial charge in [0.05, 0.1) is 15.1 Å². The van der Waals surface area contributed by atoms with Gasteiger partial charge in [0.25, 0.3) is 0 Å². The second kappa shape index (κ2) is 7.01. The van der Waals surface area contributed by atoms with Crippen molar-refractivity contribution in [1.82, 2.24) is 4.98 Å². The van der Waals surface area contributed by atoms with Crippen LogP contribution in [-0.2, 0) is 4.74 Å². The van der Waals surface area contributed by atoms with Crippen LogP contribution < -0.4 is 0 Å². The maximum atomic E-state index is 12.9. The molecule has 1 unspecified atom stereocenters. The van der Waals surface area contributed by atoms with Crippen LogP contribution in [0.3, 0.4) is 0 Å². The summed E-state index contributed by atoms with van der Waals surface area (Å²) in [6, 6.07) is 5.54. The number of carbonyl (C=O) groups is 1. The fraction of sp³-hybridized carbons (Fsp3) is 0.143. The second-order valence-electron chi connectivity index (χ2n) is 4.29. The maximum absolute atomic E-state index is 12.9. The highest BCUT2D eigenvalue weighted by Crippen LogP contribution is 2.36. The zero-order valence-corrected chi connectivity index (χ0v) is 14.1. The highest BCUT2D eigenvalue weighted by molar-refractivity contribution is 6.52. The SMILES string of the molecule is CC(OC(=O)c1nc(Cl)c(Cl)c(Cl)c1Cl)c1ccc(F)cc1. The first-order valence-corrected chi connectivity index (χ1v) is 7.49. The van der Waals surface area contributed by atoms with E-state index in [1.807, 2.05) is 0 Å². The molecule has 2 aromatic rings. The van der Waals surface area contributed by atoms with E-state index in [-0.39, 0.29) is 31.7 Å². The number of pyridine rings is 1. The molecule has 1 atom stereocenters. The third-order valence-electron chi connectivity index (χ3n) is 2.80. The Kier molecular flexibility index (Phi) is 5.50. The number of aromatic nitrogens is 1. The Morgan fingerprint density at radius 1 is 1.09 bits per heavy atom. The van der Waals surface area contributed by atoms with Crippen LogP contribution in [0.15, 0.2) is 24.3 Å². The molecule has 0 fully saturated rings. The minimum absolute atomic E-state index is 0.0449. The zero-order chi connectivity index (χ0) is 16.4. The van der Waals surface area contributed by atoms with Gasteiger partial charge in [-0.15, -0.1) is 0 Å². The van der Waals surface area contributed by atoms with Gasteiger partial charge in [0.2, 0.25) is 0 Å². The van der Waals surface area contributed by atoms with Gasteiger partial charge in [-0.25, -0.2) is 14.2 Å². The first-order valence-electron chi connectivity index (χ1n) is 5.97. The van der Waals surface area contributed by atoms with Crippen molar-refractivity contribution in [2.45, 2.75) is 13.0 Å². The van der Waals surface area contributed by atoms with E-state index in [0.717, 1.165) is 0 Å². The van der Waals surface area contributed by atoms with E-state index >= 15 is 0 Å². The average Bonchev–Trinajstić information content (AvgIpc) is 2.49. The van der Waals surface area contributed by atoms with E-state index in [1.54, 1.807) is 6.92 Å². The molecule has 22 heavy (non-hydrogen) atoms. The molecular weight excluding hydrogens is 375 g/mol. The van der Waals surface area contributed by atoms with Gasteiger partial charge in [0.15, 0.2) is 5.69 Å². The molecule has 3 nitrogen and oxygen atoms in total. The van der Waals surface area contributed by atoms with Gasteiger partial charge in [0, 0.05) is 0 Å². The van der Waals surface area contributed by atoms with Crippen molar-refractivity contribution >= 4 is 52.4 Å². The van der Waals surface area contributed by atoms with Crippen molar-refractivity contribution in [2.24, 2.45) is 0 Å². The molecule has 1 aromatic carbocycles. The molecule has 0 N–H and O–H groups in total. The molecule has 0 spiro atoms. The molecule has 0 radical (unpaired) electrons. The molecule has 0 aliphatic rings. The molecule has 0 amide bonds. The van der Waals surface area contributed by atoms with Crippen LogP contribution in [0.25, 0.3) is 0 Å². The number of nitrogens with zero attached hydrogens (tertiary/aromatic N) is 1. The van der Waals surface area contributed by atoms with Crippen LogP contribution in [0, 0.1) is 5.82 Å². The molecule has 0 bridgehead atoms. The largest absolute Gasteiger partial charge is 0.453 e. The number of ether oxygens (including phenoxy) is 1. The van der Waals surface area contributed by atoms with Crippen molar-refractivity contribution in [3.63, 3.8) is 0 Å². The fourth-order valence-corrected chi connectivity index (χ4v) is 2.45. The number of benzene rings is 1. The van der Waals surface area contributed by atoms with Crippen molar-refractivity contribution in [3.8, 4) is 0 Å². The van der Waals surface area contributed by atoms with Crippen molar-refractivity contribution in [2.75, 3.05) is 0 Å². The zero-order valence-electron chi connectivity index (χ0n) is 11.0. The van der Waals surface area contributed by atoms with Crippen molar-refractivity contribution in [1.29, 1.82) is 0 Å². The van der Waals surface area contributed by atoms with Crippen LogP contribution in [-0.4, -0.2) is 11.0 Å². The van der Waals surface area contributed by atoms with Gasteiger partial charge in [-0.1, -0.05) is 58.5 Å². The lowest BCUT2D eigenvalue weighted by Gasteiger charge is -2.14. The van der Waals surface area contributed by atoms with Gasteiger partial charge < -0.3 is 4.74 Å². The summed E-state index contributed by atoms with van der Waals surface area (Å²) < 4.78 is 18.1. The third-order valence-corrected chi connectivity index (χ3v) is 4.48. The summed E-state index contributed by atoms with van der Waals surface area (Å²) in [5, 5.41) is -0.425. The number of hydrogen-bond acceptors (Lipinski definition) is 3. The van der Waals surface area contributed by atoms with Crippen LogP contribution in [0.4, 0.5) is 4.39 Å². The Morgan fingerprint density at radius 3 is 2.27 bits per heavy atom. The van der Waals surface area contributed by atoms with E-state index in [2.05, 4.69) is 4.98 Å². The Balaban J connectivity index is 2.24. The lowest BCUT2D eigenvalue weighted by atomic mass is 10.1. The van der Waals surface area contributed by atoms with Crippen LogP contribution in [0.1, 0.15) is 29.1 Å². The van der Waals surface area contributed by atoms with E-state index in [1.165, 1.54) is 24.3 Å². The standard InChI is InChI=1S/C14H8Cl4FNO2/c1-6(7-2-4-8(19)5-3-7)22-14(21)12-10(16)9(15)11(17)13(18)20-12/h2-6H,1H3. The average molecular weight is 383 g/mol. The molecule has 0 aliphatic heterocycles. The monoisotopic (exact) mass is 381 g/mol. The van der Waals surface area contributed by atoms with Crippen molar-refractivity contribution < 1.29 is 13.9 Å². The third kappa shape index (κ3) is 3.63. The fourth-order valence-electron chi connectivity index (χ4n) is 1.64. The molecule has 8 heteroatoms. The van der Waals surface area contributed by atoms with Gasteiger partial charge in [-0.2, -0.15) is 0 Å². The summed E-state index contributed by atoms with van der Waals surface area (Å²) in [6.45, 7) is 1.62. The quantitative estimate of drug-likeness (QED) is 0.501. The molecule has 0 aliphatic carbocycles. The summed E-state index contributed by atoms with van der Waals surface area (Å²) in [7, 11) is 0. The van der Waals surface area contributed by atoms with Crippen LogP contribution in [0.5, 0.6) is 0 Å². The molecule has 1 heterocycles. The summed E-state index contributed by atoms with van der Waals surface area (Å²) in [5.74, 6) is -1.20. The van der Waals surface area contributed by atoms with Gasteiger partial charge in [-0.05, 0) is 24.6 Å². The predicted octanol–water partition coefficient (Wildman–Crippen LogP) is 5.75. The number of rotatable bonds is 3. The maximum Gasteiger partial charge on any atom is 0.359 e. The first kappa shape index (κ1) is 17.3. The van der Waals surface area contributed by atoms with Crippen LogP contribution >= 0.6 is 46.4 Å². The Morgan fingerprint density at radius 2 is 1.68 bits per heavy atom. The smallest absolute Gasteiger partial charge is 0.359 e. The van der Waals surface area contributed by atoms with E-state index in [9.17, 15) is 9.18 Å². The van der Waals surface area contributed by atoms with E-state index < -0.39 is 12.1 Å². The van der Waals surface area contributed by atoms with Crippen molar-refractivity contribution in [3.05, 3.63) is 61.6 Å². The molecule has 0 saturated heterocycles. The topological polar surface area (TPSA) is 39.2 Å². The van der Waals surface area contributed by atoms with Gasteiger partial charge in [-0.3, -0.25) is 0 Å². The highest BCUT2D eigenvalue weighted by atomic mass is 35.5. The summed E-state index contributed by atoms with van der Waals surface area (Å²) in [4.78, 5) is 15.9. The number of esters is 1. The lowest BCUT2D eigenvalue weighted by molar-refractivity contribution is 0.0331. The highest BCUT2D eigenvalue weighted by Gasteiger charge is 2.23. The van der Waals surface area contributed by atoms with Gasteiger partial charge in [0.1, 0.15) is 17.1 Å². The lowest BCUT2D eigenvalue weighted by Crippen LogP contribution is -2.12. The molecule has 1 aromatic heterocycles. The van der Waals surface area contributed by atoms with Gasteiger partial charge >= 0.3 is 5.97 Å². The summed E-state index contributed by atoms with van der Waals surface area (Å²) in [6.07, 6.45) is -0.640. The minimum atomic E-state index is -0.817. The summed E-state index contributed by atoms with van der Waals surface area (Å²) in [5.41, 5.74) is 0.368. The van der Waals surface area contributed by atoms with E-state index in [0.29, 0.717) is 5.56 Å². The normalized spacial score (nSPS) is 12.1. The number of halogens is 5. The summed E-state index contributed by atoms with van der Waals surface area (Å²) >= 11 is 23.3. The van der Waals surface area contributed by atoms with Crippen LogP contribution in [0.2, 0.25) is 20.2 Å². The second-order valence-corrected chi connectivity index (χ2v) is 5.78. The Labute approximate surface area is 145 Å². The first-order chi connectivity index (χ1) is 10.3. The molecule has 2 rings (SSSR count). The molecule has 0 saturated carbocycles. The number of carbonyl (C=O) groups excluding carboxylic acids is 1. The minimum Gasteiger partial charge on any atom is -0.453 e. The Hall–Kier alpha value is -1.07. The molecule has 116 valence electrons. The predicted molar refractivity (Wildman–Crippen MR) is 84.5 cm³/mol. The van der Waals surface area contributed by atoms with E-state index in [4.69, 9.17) is 51.1 Å². The molecular formula is C14H8Cl4FNO2. The number of hydrogen-bond donors (Lipinski definition) is 0.